The third-order valence-electron chi connectivity index (χ3n) is 2.45. The smallest absolute Gasteiger partial charge is 0.160 e. The SMILES string of the molecule is CNCc1cnc(-c2ccc(C)cc2Br)nc1. The molecule has 0 aliphatic carbocycles. The predicted molar refractivity (Wildman–Crippen MR) is 72.7 cm³/mol. The maximum Gasteiger partial charge on any atom is 0.160 e. The van der Waals surface area contributed by atoms with Crippen LogP contribution in [0, 0.1) is 6.92 Å². The van der Waals surface area contributed by atoms with Gasteiger partial charge in [0.15, 0.2) is 5.82 Å². The number of aromatic nitrogens is 2. The van der Waals surface area contributed by atoms with Crippen molar-refractivity contribution in [3.63, 3.8) is 0 Å². The van der Waals surface area contributed by atoms with Gasteiger partial charge in [0.1, 0.15) is 0 Å². The standard InChI is InChI=1S/C13H14BrN3/c1-9-3-4-11(12(14)5-9)13-16-7-10(6-15-2)8-17-13/h3-5,7-8,15H,6H2,1-2H3. The number of aryl methyl sites for hydroxylation is 1. The zero-order valence-electron chi connectivity index (χ0n) is 9.87. The van der Waals surface area contributed by atoms with Crippen molar-refractivity contribution in [2.45, 2.75) is 13.5 Å². The van der Waals surface area contributed by atoms with Gasteiger partial charge in [-0.2, -0.15) is 0 Å². The summed E-state index contributed by atoms with van der Waals surface area (Å²) in [7, 11) is 1.91. The molecule has 1 aromatic carbocycles. The molecule has 0 spiro atoms. The summed E-state index contributed by atoms with van der Waals surface area (Å²) in [5.74, 6) is 0.747. The van der Waals surface area contributed by atoms with Crippen LogP contribution in [0.5, 0.6) is 0 Å². The zero-order chi connectivity index (χ0) is 12.3. The summed E-state index contributed by atoms with van der Waals surface area (Å²) in [5, 5.41) is 3.07. The monoisotopic (exact) mass is 291 g/mol. The zero-order valence-corrected chi connectivity index (χ0v) is 11.5. The normalized spacial score (nSPS) is 10.5. The van der Waals surface area contributed by atoms with Gasteiger partial charge < -0.3 is 5.32 Å². The van der Waals surface area contributed by atoms with Gasteiger partial charge in [-0.25, -0.2) is 9.97 Å². The van der Waals surface area contributed by atoms with Crippen LogP contribution in [0.1, 0.15) is 11.1 Å². The van der Waals surface area contributed by atoms with Gasteiger partial charge in [0.05, 0.1) is 0 Å². The number of rotatable bonds is 3. The summed E-state index contributed by atoms with van der Waals surface area (Å²) < 4.78 is 1.03. The van der Waals surface area contributed by atoms with Crippen LogP contribution in [0.4, 0.5) is 0 Å². The molecule has 88 valence electrons. The lowest BCUT2D eigenvalue weighted by atomic mass is 10.1. The van der Waals surface area contributed by atoms with Crippen LogP contribution in [0.2, 0.25) is 0 Å². The molecule has 1 aromatic heterocycles. The van der Waals surface area contributed by atoms with E-state index in [-0.39, 0.29) is 0 Å². The second-order valence-electron chi connectivity index (χ2n) is 3.93. The third kappa shape index (κ3) is 2.90. The Morgan fingerprint density at radius 3 is 2.53 bits per heavy atom. The first-order chi connectivity index (χ1) is 8.20. The molecule has 0 aliphatic heterocycles. The third-order valence-corrected chi connectivity index (χ3v) is 3.11. The Hall–Kier alpha value is -1.26. The molecule has 0 aliphatic rings. The van der Waals surface area contributed by atoms with Crippen LogP contribution in [0.15, 0.2) is 35.1 Å². The van der Waals surface area contributed by atoms with E-state index in [1.54, 1.807) is 0 Å². The Kier molecular flexibility index (Phi) is 3.86. The molecule has 3 nitrogen and oxygen atoms in total. The van der Waals surface area contributed by atoms with Gasteiger partial charge in [-0.15, -0.1) is 0 Å². The number of hydrogen-bond acceptors (Lipinski definition) is 3. The fourth-order valence-electron chi connectivity index (χ4n) is 1.59. The molecule has 0 saturated carbocycles. The van der Waals surface area contributed by atoms with Crippen molar-refractivity contribution >= 4 is 15.9 Å². The maximum atomic E-state index is 4.38. The molecule has 0 atom stereocenters. The van der Waals surface area contributed by atoms with E-state index in [9.17, 15) is 0 Å². The summed E-state index contributed by atoms with van der Waals surface area (Å²) in [6.07, 6.45) is 3.70. The molecule has 0 fully saturated rings. The van der Waals surface area contributed by atoms with Gasteiger partial charge in [-0.1, -0.05) is 22.0 Å². The highest BCUT2D eigenvalue weighted by atomic mass is 79.9. The summed E-state index contributed by atoms with van der Waals surface area (Å²) in [4.78, 5) is 8.75. The number of benzene rings is 1. The van der Waals surface area contributed by atoms with E-state index < -0.39 is 0 Å². The fraction of sp³-hybridized carbons (Fsp3) is 0.231. The fourth-order valence-corrected chi connectivity index (χ4v) is 2.26. The molecular weight excluding hydrogens is 278 g/mol. The highest BCUT2D eigenvalue weighted by Gasteiger charge is 2.05. The van der Waals surface area contributed by atoms with E-state index in [2.05, 4.69) is 50.3 Å². The van der Waals surface area contributed by atoms with Crippen LogP contribution in [-0.4, -0.2) is 17.0 Å². The summed E-state index contributed by atoms with van der Waals surface area (Å²) in [5.41, 5.74) is 3.32. The number of hydrogen-bond donors (Lipinski definition) is 1. The van der Waals surface area contributed by atoms with Gasteiger partial charge in [-0.05, 0) is 31.7 Å². The first kappa shape index (κ1) is 12.2. The molecule has 1 heterocycles. The van der Waals surface area contributed by atoms with Gasteiger partial charge in [0.2, 0.25) is 0 Å². The highest BCUT2D eigenvalue weighted by Crippen LogP contribution is 2.26. The Morgan fingerprint density at radius 1 is 1.24 bits per heavy atom. The minimum atomic E-state index is 0.747. The highest BCUT2D eigenvalue weighted by molar-refractivity contribution is 9.10. The van der Waals surface area contributed by atoms with E-state index in [0.717, 1.165) is 28.0 Å². The van der Waals surface area contributed by atoms with Crippen molar-refractivity contribution in [2.75, 3.05) is 7.05 Å². The summed E-state index contributed by atoms with van der Waals surface area (Å²) in [6.45, 7) is 2.85. The number of halogens is 1. The van der Waals surface area contributed by atoms with Crippen LogP contribution < -0.4 is 5.32 Å². The Labute approximate surface area is 109 Å². The van der Waals surface area contributed by atoms with Crippen molar-refractivity contribution in [1.82, 2.24) is 15.3 Å². The molecule has 17 heavy (non-hydrogen) atoms. The Morgan fingerprint density at radius 2 is 1.94 bits per heavy atom. The molecule has 0 bridgehead atoms. The second kappa shape index (κ2) is 5.38. The first-order valence-electron chi connectivity index (χ1n) is 5.43. The first-order valence-corrected chi connectivity index (χ1v) is 6.22. The average Bonchev–Trinajstić information content (AvgIpc) is 2.31. The molecule has 0 saturated heterocycles. The molecule has 1 N–H and O–H groups in total. The van der Waals surface area contributed by atoms with Gasteiger partial charge in [-0.3, -0.25) is 0 Å². The number of nitrogens with one attached hydrogen (secondary N) is 1. The van der Waals surface area contributed by atoms with Crippen LogP contribution in [0.3, 0.4) is 0 Å². The Bertz CT molecular complexity index is 509. The maximum absolute atomic E-state index is 4.38. The molecule has 2 aromatic rings. The molecule has 4 heteroatoms. The van der Waals surface area contributed by atoms with Gasteiger partial charge in [0.25, 0.3) is 0 Å². The van der Waals surface area contributed by atoms with Crippen molar-refractivity contribution in [1.29, 1.82) is 0 Å². The quantitative estimate of drug-likeness (QED) is 0.945. The summed E-state index contributed by atoms with van der Waals surface area (Å²) in [6, 6.07) is 6.16. The van der Waals surface area contributed by atoms with Crippen molar-refractivity contribution in [3.05, 3.63) is 46.2 Å². The van der Waals surface area contributed by atoms with Crippen LogP contribution >= 0.6 is 15.9 Å². The van der Waals surface area contributed by atoms with E-state index in [0.29, 0.717) is 0 Å². The topological polar surface area (TPSA) is 37.8 Å². The minimum Gasteiger partial charge on any atom is -0.316 e. The van der Waals surface area contributed by atoms with Gasteiger partial charge >= 0.3 is 0 Å². The lowest BCUT2D eigenvalue weighted by Gasteiger charge is -2.05. The van der Waals surface area contributed by atoms with Crippen LogP contribution in [0.25, 0.3) is 11.4 Å². The predicted octanol–water partition coefficient (Wildman–Crippen LogP) is 2.93. The molecular formula is C13H14BrN3. The van der Waals surface area contributed by atoms with Crippen LogP contribution in [-0.2, 0) is 6.54 Å². The van der Waals surface area contributed by atoms with Crippen molar-refractivity contribution in [2.24, 2.45) is 0 Å². The Balaban J connectivity index is 2.33. The second-order valence-corrected chi connectivity index (χ2v) is 4.78. The van der Waals surface area contributed by atoms with Crippen molar-refractivity contribution < 1.29 is 0 Å². The summed E-state index contributed by atoms with van der Waals surface area (Å²) >= 11 is 3.54. The number of nitrogens with zero attached hydrogens (tertiary/aromatic N) is 2. The largest absolute Gasteiger partial charge is 0.316 e. The van der Waals surface area contributed by atoms with E-state index in [4.69, 9.17) is 0 Å². The lowest BCUT2D eigenvalue weighted by molar-refractivity contribution is 0.807. The lowest BCUT2D eigenvalue weighted by Crippen LogP contribution is -2.06. The molecule has 2 rings (SSSR count). The molecule has 0 unspecified atom stereocenters. The van der Waals surface area contributed by atoms with E-state index >= 15 is 0 Å². The molecule has 0 radical (unpaired) electrons. The van der Waals surface area contributed by atoms with Gasteiger partial charge in [0, 0.05) is 34.5 Å². The van der Waals surface area contributed by atoms with Crippen molar-refractivity contribution in [3.8, 4) is 11.4 Å². The van der Waals surface area contributed by atoms with E-state index in [1.807, 2.05) is 25.5 Å². The van der Waals surface area contributed by atoms with E-state index in [1.165, 1.54) is 5.56 Å². The minimum absolute atomic E-state index is 0.747. The average molecular weight is 292 g/mol. The molecule has 0 amide bonds.